The average Bonchev–Trinajstić information content (AvgIpc) is 2.05. The van der Waals surface area contributed by atoms with Gasteiger partial charge in [0.25, 0.3) is 0 Å². The third-order valence-corrected chi connectivity index (χ3v) is 2.45. The molecule has 72 valence electrons. The van der Waals surface area contributed by atoms with Crippen LogP contribution in [0, 0.1) is 10.8 Å². The molecule has 1 nitrogen and oxygen atoms in total. The minimum Gasteiger partial charge on any atom is -0.302 e. The van der Waals surface area contributed by atoms with Crippen LogP contribution in [0.2, 0.25) is 0 Å². The smallest absolute Gasteiger partial charge is 0.00334 e. The maximum Gasteiger partial charge on any atom is 0.00334 e. The Morgan fingerprint density at radius 2 is 1.83 bits per heavy atom. The Labute approximate surface area is 77.1 Å². The molecule has 1 fully saturated rings. The second-order valence-electron chi connectivity index (χ2n) is 6.19. The third-order valence-electron chi connectivity index (χ3n) is 2.45. The topological polar surface area (TPSA) is 3.24 Å². The molecule has 12 heavy (non-hydrogen) atoms. The van der Waals surface area contributed by atoms with Gasteiger partial charge in [-0.15, -0.1) is 0 Å². The summed E-state index contributed by atoms with van der Waals surface area (Å²) in [5.74, 6) is 0. The molecule has 0 aromatic rings. The molecule has 0 aliphatic carbocycles. The van der Waals surface area contributed by atoms with Gasteiger partial charge in [-0.1, -0.05) is 34.6 Å². The van der Waals surface area contributed by atoms with Crippen LogP contribution < -0.4 is 0 Å². The summed E-state index contributed by atoms with van der Waals surface area (Å²) in [5.41, 5.74) is 1.02. The van der Waals surface area contributed by atoms with Crippen molar-refractivity contribution in [2.75, 3.05) is 19.6 Å². The zero-order chi connectivity index (χ0) is 9.41. The molecule has 0 aromatic carbocycles. The number of nitrogens with zero attached hydrogens (tertiary/aromatic N) is 1. The van der Waals surface area contributed by atoms with Crippen LogP contribution in [-0.2, 0) is 0 Å². The van der Waals surface area contributed by atoms with Crippen LogP contribution in [0.5, 0.6) is 0 Å². The van der Waals surface area contributed by atoms with Crippen molar-refractivity contribution in [2.45, 2.75) is 41.0 Å². The second-order valence-corrected chi connectivity index (χ2v) is 6.19. The summed E-state index contributed by atoms with van der Waals surface area (Å²) in [6, 6.07) is 0. The highest BCUT2D eigenvalue weighted by Crippen LogP contribution is 2.30. The monoisotopic (exact) mass is 169 g/mol. The highest BCUT2D eigenvalue weighted by atomic mass is 15.2. The molecule has 0 amide bonds. The van der Waals surface area contributed by atoms with E-state index < -0.39 is 0 Å². The lowest BCUT2D eigenvalue weighted by Gasteiger charge is -2.27. The van der Waals surface area contributed by atoms with Crippen LogP contribution in [0.1, 0.15) is 41.0 Å². The second kappa shape index (κ2) is 3.02. The Bertz CT molecular complexity index is 153. The summed E-state index contributed by atoms with van der Waals surface area (Å²) in [4.78, 5) is 2.60. The lowest BCUT2D eigenvalue weighted by Crippen LogP contribution is -2.31. The van der Waals surface area contributed by atoms with Crippen molar-refractivity contribution in [2.24, 2.45) is 10.8 Å². The Morgan fingerprint density at radius 3 is 2.17 bits per heavy atom. The van der Waals surface area contributed by atoms with Crippen molar-refractivity contribution in [1.29, 1.82) is 0 Å². The van der Waals surface area contributed by atoms with Gasteiger partial charge >= 0.3 is 0 Å². The predicted molar refractivity (Wildman–Crippen MR) is 54.3 cm³/mol. The molecule has 0 N–H and O–H groups in total. The molecule has 1 aliphatic heterocycles. The maximum atomic E-state index is 2.60. The Hall–Kier alpha value is -0.0400. The van der Waals surface area contributed by atoms with Crippen molar-refractivity contribution in [3.63, 3.8) is 0 Å². The fourth-order valence-electron chi connectivity index (χ4n) is 2.03. The maximum absolute atomic E-state index is 2.60. The van der Waals surface area contributed by atoms with Crippen molar-refractivity contribution in [3.8, 4) is 0 Å². The highest BCUT2D eigenvalue weighted by molar-refractivity contribution is 4.84. The number of hydrogen-bond acceptors (Lipinski definition) is 1. The standard InChI is InChI=1S/C11H23N/c1-10(2,3)8-12-7-6-11(4,5)9-12/h6-9H2,1-5H3. The Balaban J connectivity index is 2.39. The number of rotatable bonds is 1. The molecule has 0 radical (unpaired) electrons. The van der Waals surface area contributed by atoms with Gasteiger partial charge in [0.15, 0.2) is 0 Å². The van der Waals surface area contributed by atoms with Gasteiger partial charge in [-0.2, -0.15) is 0 Å². The molecular formula is C11H23N. The Morgan fingerprint density at radius 1 is 1.25 bits per heavy atom. The molecule has 0 saturated carbocycles. The van der Waals surface area contributed by atoms with E-state index in [9.17, 15) is 0 Å². The first-order valence-corrected chi connectivity index (χ1v) is 5.01. The molecule has 0 unspecified atom stereocenters. The zero-order valence-corrected chi connectivity index (χ0v) is 9.28. The van der Waals surface area contributed by atoms with E-state index >= 15 is 0 Å². The van der Waals surface area contributed by atoms with Crippen LogP contribution in [0.15, 0.2) is 0 Å². The fourth-order valence-corrected chi connectivity index (χ4v) is 2.03. The van der Waals surface area contributed by atoms with Crippen molar-refractivity contribution < 1.29 is 0 Å². The molecule has 1 heterocycles. The van der Waals surface area contributed by atoms with Gasteiger partial charge in [0.05, 0.1) is 0 Å². The summed E-state index contributed by atoms with van der Waals surface area (Å²) in [6.45, 7) is 15.5. The molecule has 0 atom stereocenters. The average molecular weight is 169 g/mol. The number of hydrogen-bond donors (Lipinski definition) is 0. The van der Waals surface area contributed by atoms with Gasteiger partial charge < -0.3 is 4.90 Å². The van der Waals surface area contributed by atoms with E-state index in [-0.39, 0.29) is 0 Å². The first kappa shape index (κ1) is 10.0. The van der Waals surface area contributed by atoms with Crippen LogP contribution >= 0.6 is 0 Å². The SMILES string of the molecule is CC(C)(C)CN1CCC(C)(C)C1. The largest absolute Gasteiger partial charge is 0.302 e. The fraction of sp³-hybridized carbons (Fsp3) is 1.00. The first-order valence-electron chi connectivity index (χ1n) is 5.01. The minimum atomic E-state index is 0.459. The molecule has 1 rings (SSSR count). The van der Waals surface area contributed by atoms with Gasteiger partial charge in [0.1, 0.15) is 0 Å². The minimum absolute atomic E-state index is 0.459. The van der Waals surface area contributed by atoms with Crippen molar-refractivity contribution in [1.82, 2.24) is 4.90 Å². The van der Waals surface area contributed by atoms with Crippen LogP contribution in [0.4, 0.5) is 0 Å². The molecule has 1 heteroatoms. The molecular weight excluding hydrogens is 146 g/mol. The molecule has 0 aromatic heterocycles. The molecule has 0 bridgehead atoms. The third kappa shape index (κ3) is 3.14. The van der Waals surface area contributed by atoms with Crippen LogP contribution in [-0.4, -0.2) is 24.5 Å². The summed E-state index contributed by atoms with van der Waals surface area (Å²) >= 11 is 0. The summed E-state index contributed by atoms with van der Waals surface area (Å²) in [5, 5.41) is 0. The molecule has 1 aliphatic rings. The Kier molecular flexibility index (Phi) is 2.53. The van der Waals surface area contributed by atoms with E-state index in [4.69, 9.17) is 0 Å². The van der Waals surface area contributed by atoms with Gasteiger partial charge in [-0.25, -0.2) is 0 Å². The normalized spacial score (nSPS) is 24.8. The summed E-state index contributed by atoms with van der Waals surface area (Å²) < 4.78 is 0. The zero-order valence-electron chi connectivity index (χ0n) is 9.28. The van der Waals surface area contributed by atoms with Crippen LogP contribution in [0.25, 0.3) is 0 Å². The van der Waals surface area contributed by atoms with E-state index in [0.717, 1.165) is 0 Å². The van der Waals surface area contributed by atoms with Gasteiger partial charge in [0.2, 0.25) is 0 Å². The summed E-state index contributed by atoms with van der Waals surface area (Å²) in [6.07, 6.45) is 1.36. The van der Waals surface area contributed by atoms with E-state index in [2.05, 4.69) is 39.5 Å². The van der Waals surface area contributed by atoms with Gasteiger partial charge in [0, 0.05) is 13.1 Å². The van der Waals surface area contributed by atoms with E-state index in [1.54, 1.807) is 0 Å². The molecule has 0 spiro atoms. The van der Waals surface area contributed by atoms with Crippen molar-refractivity contribution in [3.05, 3.63) is 0 Å². The van der Waals surface area contributed by atoms with Crippen molar-refractivity contribution >= 4 is 0 Å². The molecule has 1 saturated heterocycles. The summed E-state index contributed by atoms with van der Waals surface area (Å²) in [7, 11) is 0. The number of likely N-dealkylation sites (tertiary alicyclic amines) is 1. The van der Waals surface area contributed by atoms with Crippen LogP contribution in [0.3, 0.4) is 0 Å². The quantitative estimate of drug-likeness (QED) is 0.583. The predicted octanol–water partition coefficient (Wildman–Crippen LogP) is 2.76. The van der Waals surface area contributed by atoms with E-state index in [1.807, 2.05) is 0 Å². The van der Waals surface area contributed by atoms with E-state index in [0.29, 0.717) is 10.8 Å². The van der Waals surface area contributed by atoms with Gasteiger partial charge in [-0.05, 0) is 23.8 Å². The van der Waals surface area contributed by atoms with E-state index in [1.165, 1.54) is 26.1 Å². The lowest BCUT2D eigenvalue weighted by atomic mass is 9.93. The first-order chi connectivity index (χ1) is 5.29. The highest BCUT2D eigenvalue weighted by Gasteiger charge is 2.30. The van der Waals surface area contributed by atoms with Gasteiger partial charge in [-0.3, -0.25) is 0 Å². The lowest BCUT2D eigenvalue weighted by molar-refractivity contribution is 0.208.